The molecule has 1 atom stereocenters. The van der Waals surface area contributed by atoms with Crippen LogP contribution in [0.5, 0.6) is 0 Å². The number of primary amides is 1. The molecule has 0 aliphatic heterocycles. The van der Waals surface area contributed by atoms with E-state index in [-0.39, 0.29) is 18.4 Å². The van der Waals surface area contributed by atoms with Crippen molar-refractivity contribution in [3.8, 4) is 0 Å². The van der Waals surface area contributed by atoms with E-state index in [1.165, 1.54) is 12.3 Å². The summed E-state index contributed by atoms with van der Waals surface area (Å²) in [5.74, 6) is -2.41. The Kier molecular flexibility index (Phi) is 5.43. The molecule has 0 saturated heterocycles. The van der Waals surface area contributed by atoms with Crippen LogP contribution in [0.1, 0.15) is 23.2 Å². The van der Waals surface area contributed by atoms with E-state index in [0.29, 0.717) is 4.60 Å². The van der Waals surface area contributed by atoms with Gasteiger partial charge < -0.3 is 16.2 Å². The van der Waals surface area contributed by atoms with Gasteiger partial charge in [0.1, 0.15) is 10.6 Å². The SMILES string of the molecule is NC(=O)CC[C@H](NC(=O)c1ccc(Br)nc1)C(=O)O. The van der Waals surface area contributed by atoms with Crippen molar-refractivity contribution < 1.29 is 19.5 Å². The molecule has 19 heavy (non-hydrogen) atoms. The lowest BCUT2D eigenvalue weighted by molar-refractivity contribution is -0.139. The third-order valence-electron chi connectivity index (χ3n) is 2.27. The van der Waals surface area contributed by atoms with Crippen molar-refractivity contribution in [2.24, 2.45) is 5.73 Å². The highest BCUT2D eigenvalue weighted by Gasteiger charge is 2.21. The fraction of sp³-hybridized carbons (Fsp3) is 0.273. The average Bonchev–Trinajstić information content (AvgIpc) is 2.34. The molecule has 0 spiro atoms. The van der Waals surface area contributed by atoms with Gasteiger partial charge in [-0.25, -0.2) is 9.78 Å². The van der Waals surface area contributed by atoms with E-state index in [1.807, 2.05) is 0 Å². The average molecular weight is 330 g/mol. The normalized spacial score (nSPS) is 11.6. The first-order valence-electron chi connectivity index (χ1n) is 5.33. The monoisotopic (exact) mass is 329 g/mol. The standard InChI is InChI=1S/C11H12BrN3O4/c12-8-3-1-6(5-14-8)10(17)15-7(11(18)19)2-4-9(13)16/h1,3,5,7H,2,4H2,(H2,13,16)(H,15,17)(H,18,19)/t7-/m0/s1. The third-order valence-corrected chi connectivity index (χ3v) is 2.74. The Labute approximate surface area is 117 Å². The number of carbonyl (C=O) groups is 3. The molecule has 0 aliphatic carbocycles. The van der Waals surface area contributed by atoms with Crippen LogP contribution in [0, 0.1) is 0 Å². The zero-order valence-corrected chi connectivity index (χ0v) is 11.4. The van der Waals surface area contributed by atoms with Crippen molar-refractivity contribution in [2.75, 3.05) is 0 Å². The summed E-state index contributed by atoms with van der Waals surface area (Å²) in [6.45, 7) is 0. The van der Waals surface area contributed by atoms with Crippen LogP contribution in [0.2, 0.25) is 0 Å². The molecule has 4 N–H and O–H groups in total. The zero-order valence-electron chi connectivity index (χ0n) is 9.80. The molecule has 0 radical (unpaired) electrons. The fourth-order valence-corrected chi connectivity index (χ4v) is 1.53. The maximum absolute atomic E-state index is 11.8. The van der Waals surface area contributed by atoms with Gasteiger partial charge in [-0.2, -0.15) is 0 Å². The van der Waals surface area contributed by atoms with E-state index in [2.05, 4.69) is 26.2 Å². The van der Waals surface area contributed by atoms with Crippen LogP contribution in [0.25, 0.3) is 0 Å². The molecule has 1 rings (SSSR count). The largest absolute Gasteiger partial charge is 0.480 e. The molecule has 102 valence electrons. The van der Waals surface area contributed by atoms with E-state index >= 15 is 0 Å². The second kappa shape index (κ2) is 6.83. The number of carbonyl (C=O) groups excluding carboxylic acids is 2. The molecular weight excluding hydrogens is 318 g/mol. The summed E-state index contributed by atoms with van der Waals surface area (Å²) in [4.78, 5) is 37.2. The van der Waals surface area contributed by atoms with E-state index in [4.69, 9.17) is 10.8 Å². The first-order valence-corrected chi connectivity index (χ1v) is 6.13. The number of halogens is 1. The Morgan fingerprint density at radius 2 is 2.11 bits per heavy atom. The number of nitrogens with one attached hydrogen (secondary N) is 1. The van der Waals surface area contributed by atoms with Crippen molar-refractivity contribution in [2.45, 2.75) is 18.9 Å². The lowest BCUT2D eigenvalue weighted by Gasteiger charge is -2.13. The van der Waals surface area contributed by atoms with Gasteiger partial charge in [-0.1, -0.05) is 0 Å². The highest BCUT2D eigenvalue weighted by molar-refractivity contribution is 9.10. The molecule has 2 amide bonds. The highest BCUT2D eigenvalue weighted by atomic mass is 79.9. The molecule has 0 aromatic carbocycles. The van der Waals surface area contributed by atoms with Gasteiger partial charge in [0.05, 0.1) is 5.56 Å². The van der Waals surface area contributed by atoms with Gasteiger partial charge in [-0.05, 0) is 34.5 Å². The Balaban J connectivity index is 2.68. The number of carboxylic acids is 1. The maximum Gasteiger partial charge on any atom is 0.326 e. The Bertz CT molecular complexity index is 489. The summed E-state index contributed by atoms with van der Waals surface area (Å²) < 4.78 is 0.563. The molecule has 1 aromatic heterocycles. The fourth-order valence-electron chi connectivity index (χ4n) is 1.30. The Hall–Kier alpha value is -1.96. The molecule has 0 saturated carbocycles. The number of pyridine rings is 1. The minimum Gasteiger partial charge on any atom is -0.480 e. The maximum atomic E-state index is 11.8. The van der Waals surface area contributed by atoms with Gasteiger partial charge in [-0.3, -0.25) is 9.59 Å². The molecular formula is C11H12BrN3O4. The molecule has 0 aliphatic rings. The molecule has 1 heterocycles. The van der Waals surface area contributed by atoms with Crippen molar-refractivity contribution >= 4 is 33.7 Å². The summed E-state index contributed by atoms with van der Waals surface area (Å²) in [6, 6.07) is 1.90. The van der Waals surface area contributed by atoms with Gasteiger partial charge in [0.2, 0.25) is 5.91 Å². The Morgan fingerprint density at radius 1 is 1.42 bits per heavy atom. The van der Waals surface area contributed by atoms with Crippen LogP contribution in [0.15, 0.2) is 22.9 Å². The summed E-state index contributed by atoms with van der Waals surface area (Å²) in [5, 5.41) is 11.2. The molecule has 7 nitrogen and oxygen atoms in total. The van der Waals surface area contributed by atoms with Crippen LogP contribution in [0.3, 0.4) is 0 Å². The molecule has 0 unspecified atom stereocenters. The number of hydrogen-bond donors (Lipinski definition) is 3. The number of nitrogens with zero attached hydrogens (tertiary/aromatic N) is 1. The lowest BCUT2D eigenvalue weighted by atomic mass is 10.1. The van der Waals surface area contributed by atoms with E-state index < -0.39 is 23.8 Å². The van der Waals surface area contributed by atoms with Crippen molar-refractivity contribution in [1.82, 2.24) is 10.3 Å². The number of amides is 2. The number of carboxylic acid groups (broad SMARTS) is 1. The lowest BCUT2D eigenvalue weighted by Crippen LogP contribution is -2.41. The van der Waals surface area contributed by atoms with Gasteiger partial charge in [0.25, 0.3) is 5.91 Å². The molecule has 0 bridgehead atoms. The summed E-state index contributed by atoms with van der Waals surface area (Å²) in [6.07, 6.45) is 1.14. The van der Waals surface area contributed by atoms with Gasteiger partial charge in [0.15, 0.2) is 0 Å². The molecule has 8 heteroatoms. The van der Waals surface area contributed by atoms with Crippen LogP contribution in [-0.2, 0) is 9.59 Å². The quantitative estimate of drug-likeness (QED) is 0.647. The molecule has 0 fully saturated rings. The highest BCUT2D eigenvalue weighted by Crippen LogP contribution is 2.07. The van der Waals surface area contributed by atoms with E-state index in [9.17, 15) is 14.4 Å². The Morgan fingerprint density at radius 3 is 2.58 bits per heavy atom. The minimum atomic E-state index is -1.22. The second-order valence-corrected chi connectivity index (χ2v) is 4.55. The van der Waals surface area contributed by atoms with Crippen molar-refractivity contribution in [1.29, 1.82) is 0 Å². The predicted octanol–water partition coefficient (Wildman–Crippen LogP) is 0.293. The summed E-state index contributed by atoms with van der Waals surface area (Å²) in [7, 11) is 0. The number of hydrogen-bond acceptors (Lipinski definition) is 4. The number of rotatable bonds is 6. The smallest absolute Gasteiger partial charge is 0.326 e. The van der Waals surface area contributed by atoms with E-state index in [0.717, 1.165) is 0 Å². The minimum absolute atomic E-state index is 0.0552. The first-order chi connectivity index (χ1) is 8.90. The second-order valence-electron chi connectivity index (χ2n) is 3.74. The summed E-state index contributed by atoms with van der Waals surface area (Å²) in [5.41, 5.74) is 5.17. The van der Waals surface area contributed by atoms with Crippen LogP contribution in [-0.4, -0.2) is 33.9 Å². The predicted molar refractivity (Wildman–Crippen MR) is 69.3 cm³/mol. The summed E-state index contributed by atoms with van der Waals surface area (Å²) >= 11 is 3.12. The van der Waals surface area contributed by atoms with E-state index in [1.54, 1.807) is 6.07 Å². The molecule has 1 aromatic rings. The third kappa shape index (κ3) is 5.04. The number of aromatic nitrogens is 1. The van der Waals surface area contributed by atoms with Gasteiger partial charge in [0, 0.05) is 12.6 Å². The topological polar surface area (TPSA) is 122 Å². The van der Waals surface area contributed by atoms with Crippen LogP contribution in [0.4, 0.5) is 0 Å². The van der Waals surface area contributed by atoms with Crippen LogP contribution >= 0.6 is 15.9 Å². The first kappa shape index (κ1) is 15.1. The van der Waals surface area contributed by atoms with Gasteiger partial charge >= 0.3 is 5.97 Å². The van der Waals surface area contributed by atoms with Crippen molar-refractivity contribution in [3.05, 3.63) is 28.5 Å². The van der Waals surface area contributed by atoms with Crippen molar-refractivity contribution in [3.63, 3.8) is 0 Å². The number of nitrogens with two attached hydrogens (primary N) is 1. The van der Waals surface area contributed by atoms with Crippen LogP contribution < -0.4 is 11.1 Å². The number of aliphatic carboxylic acids is 1. The zero-order chi connectivity index (χ0) is 14.4. The van der Waals surface area contributed by atoms with Gasteiger partial charge in [-0.15, -0.1) is 0 Å².